The highest BCUT2D eigenvalue weighted by atomic mass is 19.4. The molecule has 0 aromatic carbocycles. The number of aromatic amines is 1. The van der Waals surface area contributed by atoms with E-state index in [1.165, 1.54) is 12.4 Å². The van der Waals surface area contributed by atoms with Crippen LogP contribution in [0.15, 0.2) is 37.1 Å². The van der Waals surface area contributed by atoms with Crippen LogP contribution in [0, 0.1) is 11.3 Å². The Hall–Kier alpha value is -4.42. The van der Waals surface area contributed by atoms with E-state index in [1.54, 1.807) is 11.1 Å². The van der Waals surface area contributed by atoms with Gasteiger partial charge in [0.2, 0.25) is 5.82 Å². The second kappa shape index (κ2) is 11.5. The van der Waals surface area contributed by atoms with Crippen LogP contribution < -0.4 is 5.32 Å². The average Bonchev–Trinajstić information content (AvgIpc) is 3.67. The quantitative estimate of drug-likeness (QED) is 0.315. The Labute approximate surface area is 257 Å². The van der Waals surface area contributed by atoms with Gasteiger partial charge in [0.15, 0.2) is 0 Å². The van der Waals surface area contributed by atoms with Gasteiger partial charge in [-0.1, -0.05) is 0 Å². The van der Waals surface area contributed by atoms with E-state index in [9.17, 15) is 23.2 Å². The maximum absolute atomic E-state index is 13.6. The maximum atomic E-state index is 13.6. The number of nitrogens with zero attached hydrogens (tertiary/aromatic N) is 9. The molecule has 1 saturated heterocycles. The Kier molecular flexibility index (Phi) is 7.82. The smallest absolute Gasteiger partial charge is 0.346 e. The van der Waals surface area contributed by atoms with Crippen molar-refractivity contribution in [3.63, 3.8) is 0 Å². The molecule has 6 rings (SSSR count). The molecular weight excluding hydrogens is 587 g/mol. The van der Waals surface area contributed by atoms with Crippen LogP contribution in [-0.2, 0) is 18.3 Å². The molecule has 2 aliphatic rings. The highest BCUT2D eigenvalue weighted by Crippen LogP contribution is 2.45. The van der Waals surface area contributed by atoms with Crippen molar-refractivity contribution in [3.8, 4) is 17.3 Å². The van der Waals surface area contributed by atoms with Crippen LogP contribution in [0.25, 0.3) is 22.3 Å². The van der Waals surface area contributed by atoms with Gasteiger partial charge in [-0.05, 0) is 45.7 Å². The van der Waals surface area contributed by atoms with Crippen molar-refractivity contribution in [1.29, 1.82) is 5.26 Å². The molecule has 5 heterocycles. The molecule has 0 unspecified atom stereocenters. The van der Waals surface area contributed by atoms with Crippen LogP contribution in [0.1, 0.15) is 62.0 Å². The minimum Gasteiger partial charge on any atom is -0.346 e. The first kappa shape index (κ1) is 30.6. The molecule has 45 heavy (non-hydrogen) atoms. The lowest BCUT2D eigenvalue weighted by Gasteiger charge is -2.52. The van der Waals surface area contributed by atoms with E-state index in [0.29, 0.717) is 45.4 Å². The fourth-order valence-electron chi connectivity index (χ4n) is 6.07. The number of fused-ring (bicyclic) bond motifs is 1. The average molecular weight is 622 g/mol. The van der Waals surface area contributed by atoms with E-state index in [4.69, 9.17) is 0 Å². The van der Waals surface area contributed by atoms with Crippen LogP contribution in [0.4, 0.5) is 13.2 Å². The van der Waals surface area contributed by atoms with Crippen LogP contribution >= 0.6 is 0 Å². The SMILES string of the molecule is CC(C)(C)NCc1cc(C(=O)N2CCN(C3CC(CC#N)(n4cc(-c5ncnc6[nH]ccc56)cn4)C3)CC2)nc(C(F)(F)F)n1. The van der Waals surface area contributed by atoms with Gasteiger partial charge in [-0.15, -0.1) is 0 Å². The number of carbonyl (C=O) groups excluding carboxylic acids is 1. The van der Waals surface area contributed by atoms with Gasteiger partial charge in [-0.3, -0.25) is 14.4 Å². The highest BCUT2D eigenvalue weighted by Gasteiger charge is 2.49. The van der Waals surface area contributed by atoms with E-state index in [1.807, 2.05) is 43.9 Å². The van der Waals surface area contributed by atoms with Crippen molar-refractivity contribution >= 4 is 16.9 Å². The number of H-pyrrole nitrogens is 1. The van der Waals surface area contributed by atoms with E-state index in [-0.39, 0.29) is 29.5 Å². The molecule has 15 heteroatoms. The molecule has 2 fully saturated rings. The van der Waals surface area contributed by atoms with Crippen LogP contribution in [-0.4, -0.2) is 88.2 Å². The van der Waals surface area contributed by atoms with E-state index in [0.717, 1.165) is 22.3 Å². The summed E-state index contributed by atoms with van der Waals surface area (Å²) in [5, 5.41) is 18.3. The van der Waals surface area contributed by atoms with Crippen LogP contribution in [0.3, 0.4) is 0 Å². The topological polar surface area (TPSA) is 145 Å². The van der Waals surface area contributed by atoms with Crippen LogP contribution in [0.5, 0.6) is 0 Å². The standard InChI is InChI=1S/C30H34F3N11O/c1-28(2,3)38-16-20-12-23(41-27(40-20)30(31,32)33)26(45)43-10-8-42(9-11-43)21-13-29(14-21,5-6-34)44-17-19(15-39-44)24-22-4-7-35-25(22)37-18-36-24/h4,7,12,15,17-18,21,38H,5,8-11,13-14,16H2,1-3H3,(H,35,36,37). The summed E-state index contributed by atoms with van der Waals surface area (Å²) < 4.78 is 42.6. The predicted octanol–water partition coefficient (Wildman–Crippen LogP) is 3.75. The first-order valence-corrected chi connectivity index (χ1v) is 14.8. The molecule has 0 bridgehead atoms. The zero-order chi connectivity index (χ0) is 32.0. The van der Waals surface area contributed by atoms with Crippen molar-refractivity contribution in [3.05, 3.63) is 54.3 Å². The molecule has 236 valence electrons. The number of alkyl halides is 3. The second-order valence-electron chi connectivity index (χ2n) is 12.8. The van der Waals surface area contributed by atoms with Gasteiger partial charge in [0, 0.05) is 67.6 Å². The Morgan fingerprint density at radius 3 is 2.60 bits per heavy atom. The number of piperazine rings is 1. The molecule has 1 amide bonds. The van der Waals surface area contributed by atoms with E-state index < -0.39 is 23.4 Å². The normalized spacial score (nSPS) is 21.1. The lowest BCUT2D eigenvalue weighted by atomic mass is 9.70. The van der Waals surface area contributed by atoms with Crippen molar-refractivity contribution in [1.82, 2.24) is 49.8 Å². The third-order valence-electron chi connectivity index (χ3n) is 8.50. The summed E-state index contributed by atoms with van der Waals surface area (Å²) in [5.41, 5.74) is 1.38. The number of hydrogen-bond acceptors (Lipinski definition) is 9. The maximum Gasteiger partial charge on any atom is 0.451 e. The number of hydrogen-bond donors (Lipinski definition) is 2. The van der Waals surface area contributed by atoms with Gasteiger partial charge in [-0.2, -0.15) is 23.5 Å². The summed E-state index contributed by atoms with van der Waals surface area (Å²) in [6, 6.07) is 5.76. The minimum absolute atomic E-state index is 0.0720. The summed E-state index contributed by atoms with van der Waals surface area (Å²) in [6.07, 6.45) is 3.95. The number of nitriles is 1. The molecule has 1 aliphatic carbocycles. The molecule has 0 radical (unpaired) electrons. The number of halogens is 3. The lowest BCUT2D eigenvalue weighted by Crippen LogP contribution is -2.60. The molecule has 0 atom stereocenters. The van der Waals surface area contributed by atoms with Crippen molar-refractivity contribution in [2.24, 2.45) is 0 Å². The molecule has 1 aliphatic heterocycles. The summed E-state index contributed by atoms with van der Waals surface area (Å²) in [6.45, 7) is 7.58. The van der Waals surface area contributed by atoms with Crippen molar-refractivity contribution < 1.29 is 18.0 Å². The molecule has 1 saturated carbocycles. The fraction of sp³-hybridized carbons (Fsp3) is 0.500. The van der Waals surface area contributed by atoms with Gasteiger partial charge in [0.25, 0.3) is 5.91 Å². The highest BCUT2D eigenvalue weighted by molar-refractivity contribution is 5.92. The van der Waals surface area contributed by atoms with Gasteiger partial charge in [0.05, 0.1) is 35.6 Å². The molecule has 12 nitrogen and oxygen atoms in total. The summed E-state index contributed by atoms with van der Waals surface area (Å²) >= 11 is 0. The van der Waals surface area contributed by atoms with Crippen LogP contribution in [0.2, 0.25) is 0 Å². The Bertz CT molecular complexity index is 1740. The summed E-state index contributed by atoms with van der Waals surface area (Å²) in [4.78, 5) is 36.2. The number of aromatic nitrogens is 7. The molecular formula is C30H34F3N11O. The van der Waals surface area contributed by atoms with Crippen molar-refractivity contribution in [2.75, 3.05) is 26.2 Å². The van der Waals surface area contributed by atoms with Crippen molar-refractivity contribution in [2.45, 2.75) is 69.9 Å². The lowest BCUT2D eigenvalue weighted by molar-refractivity contribution is -0.145. The number of rotatable bonds is 7. The molecule has 0 spiro atoms. The van der Waals surface area contributed by atoms with Gasteiger partial charge in [-0.25, -0.2) is 19.9 Å². The molecule has 4 aromatic rings. The third kappa shape index (κ3) is 6.25. The third-order valence-corrected chi connectivity index (χ3v) is 8.50. The summed E-state index contributed by atoms with van der Waals surface area (Å²) in [7, 11) is 0. The predicted molar refractivity (Wildman–Crippen MR) is 157 cm³/mol. The number of nitrogens with one attached hydrogen (secondary N) is 2. The minimum atomic E-state index is -4.77. The zero-order valence-electron chi connectivity index (χ0n) is 25.3. The fourth-order valence-corrected chi connectivity index (χ4v) is 6.07. The number of amides is 1. The Morgan fingerprint density at radius 2 is 1.91 bits per heavy atom. The monoisotopic (exact) mass is 621 g/mol. The van der Waals surface area contributed by atoms with Gasteiger partial charge < -0.3 is 15.2 Å². The molecule has 4 aromatic heterocycles. The van der Waals surface area contributed by atoms with E-state index in [2.05, 4.69) is 46.3 Å². The first-order valence-electron chi connectivity index (χ1n) is 14.8. The number of carbonyl (C=O) groups is 1. The Morgan fingerprint density at radius 1 is 1.16 bits per heavy atom. The second-order valence-corrected chi connectivity index (χ2v) is 12.8. The molecule has 2 N–H and O–H groups in total. The van der Waals surface area contributed by atoms with Gasteiger partial charge >= 0.3 is 6.18 Å². The zero-order valence-corrected chi connectivity index (χ0v) is 25.3. The summed E-state index contributed by atoms with van der Waals surface area (Å²) in [5.74, 6) is -1.86. The largest absolute Gasteiger partial charge is 0.451 e. The Balaban J connectivity index is 1.11. The van der Waals surface area contributed by atoms with E-state index >= 15 is 0 Å². The van der Waals surface area contributed by atoms with Gasteiger partial charge in [0.1, 0.15) is 17.7 Å². The first-order chi connectivity index (χ1) is 21.3.